The van der Waals surface area contributed by atoms with Crippen LogP contribution in [0.5, 0.6) is 0 Å². The summed E-state index contributed by atoms with van der Waals surface area (Å²) in [5.74, 6) is -0.501. The smallest absolute Gasteiger partial charge is 0.143 e. The topological polar surface area (TPSA) is 53.6 Å². The van der Waals surface area contributed by atoms with Crippen LogP contribution in [-0.4, -0.2) is 22.6 Å². The maximum Gasteiger partial charge on any atom is 0.143 e. The monoisotopic (exact) mass is 270 g/mol. The summed E-state index contributed by atoms with van der Waals surface area (Å²) in [6, 6.07) is 6.61. The Bertz CT molecular complexity index is 677. The first-order valence-corrected chi connectivity index (χ1v) is 6.58. The number of hydrogen-bond donors (Lipinski definition) is 1. The van der Waals surface area contributed by atoms with E-state index in [1.165, 1.54) is 6.07 Å². The molecule has 1 aromatic heterocycles. The molecule has 1 N–H and O–H groups in total. The molecule has 2 heterocycles. The Labute approximate surface area is 116 Å². The number of imidazole rings is 1. The maximum absolute atomic E-state index is 13.8. The van der Waals surface area contributed by atoms with E-state index < -0.39 is 5.82 Å². The molecule has 1 saturated heterocycles. The molecular weight excluding hydrogens is 255 g/mol. The quantitative estimate of drug-likeness (QED) is 0.909. The van der Waals surface area contributed by atoms with Gasteiger partial charge in [-0.3, -0.25) is 0 Å². The van der Waals surface area contributed by atoms with Crippen molar-refractivity contribution in [2.24, 2.45) is 0 Å². The minimum atomic E-state index is -0.501. The summed E-state index contributed by atoms with van der Waals surface area (Å²) in [7, 11) is 0. The zero-order chi connectivity index (χ0) is 14.2. The Morgan fingerprint density at radius 2 is 2.35 bits per heavy atom. The van der Waals surface area contributed by atoms with Crippen LogP contribution in [0.1, 0.15) is 24.6 Å². The minimum Gasteiger partial charge on any atom is -0.316 e. The van der Waals surface area contributed by atoms with Gasteiger partial charge in [0.05, 0.1) is 12.0 Å². The van der Waals surface area contributed by atoms with E-state index in [1.54, 1.807) is 24.7 Å². The lowest BCUT2D eigenvalue weighted by Crippen LogP contribution is -2.27. The molecule has 1 unspecified atom stereocenters. The van der Waals surface area contributed by atoms with Gasteiger partial charge in [-0.2, -0.15) is 5.26 Å². The van der Waals surface area contributed by atoms with Gasteiger partial charge in [0.2, 0.25) is 0 Å². The van der Waals surface area contributed by atoms with E-state index >= 15 is 0 Å². The van der Waals surface area contributed by atoms with Crippen LogP contribution in [-0.2, 0) is 5.41 Å². The minimum absolute atomic E-state index is 0.0461. The van der Waals surface area contributed by atoms with Gasteiger partial charge in [0.25, 0.3) is 0 Å². The molecule has 2 aromatic rings. The normalized spacial score (nSPS) is 21.9. The van der Waals surface area contributed by atoms with Gasteiger partial charge in [0, 0.05) is 23.9 Å². The summed E-state index contributed by atoms with van der Waals surface area (Å²) >= 11 is 0. The molecule has 5 heteroatoms. The molecule has 0 bridgehead atoms. The number of halogens is 1. The number of aromatic nitrogens is 2. The SMILES string of the molecule is CC1(c2cncn2-c2cccc(F)c2C#N)CCNC1. The molecule has 0 saturated carbocycles. The van der Waals surface area contributed by atoms with E-state index in [0.29, 0.717) is 5.69 Å². The molecule has 4 nitrogen and oxygen atoms in total. The first-order valence-electron chi connectivity index (χ1n) is 6.58. The lowest BCUT2D eigenvalue weighted by Gasteiger charge is -2.24. The van der Waals surface area contributed by atoms with E-state index in [-0.39, 0.29) is 11.0 Å². The first-order chi connectivity index (χ1) is 9.65. The Morgan fingerprint density at radius 1 is 1.50 bits per heavy atom. The van der Waals surface area contributed by atoms with Crippen molar-refractivity contribution in [3.8, 4) is 11.8 Å². The highest BCUT2D eigenvalue weighted by Crippen LogP contribution is 2.32. The summed E-state index contributed by atoms with van der Waals surface area (Å²) in [5.41, 5.74) is 1.56. The lowest BCUT2D eigenvalue weighted by molar-refractivity contribution is 0.498. The summed E-state index contributed by atoms with van der Waals surface area (Å²) in [6.45, 7) is 3.97. The average Bonchev–Trinajstić information content (AvgIpc) is 3.07. The van der Waals surface area contributed by atoms with E-state index in [2.05, 4.69) is 17.2 Å². The number of nitriles is 1. The average molecular weight is 270 g/mol. The van der Waals surface area contributed by atoms with Crippen LogP contribution in [0.25, 0.3) is 5.69 Å². The van der Waals surface area contributed by atoms with Crippen molar-refractivity contribution >= 4 is 0 Å². The molecule has 0 aliphatic carbocycles. The molecule has 20 heavy (non-hydrogen) atoms. The molecule has 102 valence electrons. The fraction of sp³-hybridized carbons (Fsp3) is 0.333. The third-order valence-corrected chi connectivity index (χ3v) is 3.99. The van der Waals surface area contributed by atoms with Crippen molar-refractivity contribution in [2.75, 3.05) is 13.1 Å². The van der Waals surface area contributed by atoms with Crippen molar-refractivity contribution in [1.82, 2.24) is 14.9 Å². The molecule has 1 aliphatic rings. The van der Waals surface area contributed by atoms with Crippen LogP contribution < -0.4 is 5.32 Å². The third-order valence-electron chi connectivity index (χ3n) is 3.99. The summed E-state index contributed by atoms with van der Waals surface area (Å²) in [4.78, 5) is 4.20. The molecule has 1 aliphatic heterocycles. The van der Waals surface area contributed by atoms with E-state index in [0.717, 1.165) is 25.2 Å². The molecule has 1 aromatic carbocycles. The van der Waals surface area contributed by atoms with Crippen LogP contribution in [0.2, 0.25) is 0 Å². The number of nitrogens with one attached hydrogen (secondary N) is 1. The number of benzene rings is 1. The van der Waals surface area contributed by atoms with Gasteiger partial charge in [-0.05, 0) is 25.1 Å². The second-order valence-electron chi connectivity index (χ2n) is 5.38. The van der Waals surface area contributed by atoms with Crippen LogP contribution in [0.4, 0.5) is 4.39 Å². The highest BCUT2D eigenvalue weighted by atomic mass is 19.1. The standard InChI is InChI=1S/C15H15FN4/c1-15(5-6-18-9-15)14-8-19-10-20(14)13-4-2-3-12(16)11(13)7-17/h2-4,8,10,18H,5-6,9H2,1H3. The maximum atomic E-state index is 13.8. The van der Waals surface area contributed by atoms with Crippen LogP contribution in [0.3, 0.4) is 0 Å². The van der Waals surface area contributed by atoms with Crippen molar-refractivity contribution in [3.63, 3.8) is 0 Å². The highest BCUT2D eigenvalue weighted by Gasteiger charge is 2.34. The third kappa shape index (κ3) is 1.89. The zero-order valence-corrected chi connectivity index (χ0v) is 11.2. The Hall–Kier alpha value is -2.19. The predicted molar refractivity (Wildman–Crippen MR) is 73.1 cm³/mol. The van der Waals surface area contributed by atoms with Crippen LogP contribution >= 0.6 is 0 Å². The molecule has 1 atom stereocenters. The van der Waals surface area contributed by atoms with Gasteiger partial charge in [-0.25, -0.2) is 9.37 Å². The second-order valence-corrected chi connectivity index (χ2v) is 5.38. The Balaban J connectivity index is 2.16. The lowest BCUT2D eigenvalue weighted by atomic mass is 9.86. The predicted octanol–water partition coefficient (Wildman–Crippen LogP) is 2.13. The highest BCUT2D eigenvalue weighted by molar-refractivity contribution is 5.51. The zero-order valence-electron chi connectivity index (χ0n) is 11.2. The molecule has 0 amide bonds. The van der Waals surface area contributed by atoms with E-state index in [1.807, 2.05) is 10.6 Å². The summed E-state index contributed by atoms with van der Waals surface area (Å²) in [6.07, 6.45) is 4.45. The first kappa shape index (κ1) is 12.8. The number of hydrogen-bond acceptors (Lipinski definition) is 3. The fourth-order valence-electron chi connectivity index (χ4n) is 2.79. The van der Waals surface area contributed by atoms with Gasteiger partial charge >= 0.3 is 0 Å². The Morgan fingerprint density at radius 3 is 3.05 bits per heavy atom. The van der Waals surface area contributed by atoms with Crippen LogP contribution in [0.15, 0.2) is 30.7 Å². The van der Waals surface area contributed by atoms with Gasteiger partial charge in [-0.1, -0.05) is 13.0 Å². The van der Waals surface area contributed by atoms with Crippen molar-refractivity contribution in [3.05, 3.63) is 47.8 Å². The molecule has 0 spiro atoms. The number of rotatable bonds is 2. The van der Waals surface area contributed by atoms with Gasteiger partial charge in [0.15, 0.2) is 0 Å². The molecule has 1 fully saturated rings. The Kier molecular flexibility index (Phi) is 3.03. The van der Waals surface area contributed by atoms with Gasteiger partial charge in [0.1, 0.15) is 17.4 Å². The van der Waals surface area contributed by atoms with Crippen LogP contribution in [0, 0.1) is 17.1 Å². The molecule has 0 radical (unpaired) electrons. The second kappa shape index (κ2) is 4.73. The van der Waals surface area contributed by atoms with Crippen molar-refractivity contribution in [2.45, 2.75) is 18.8 Å². The van der Waals surface area contributed by atoms with Crippen molar-refractivity contribution < 1.29 is 4.39 Å². The molecule has 3 rings (SSSR count). The van der Waals surface area contributed by atoms with Gasteiger partial charge in [-0.15, -0.1) is 0 Å². The van der Waals surface area contributed by atoms with E-state index in [9.17, 15) is 9.65 Å². The fourth-order valence-corrected chi connectivity index (χ4v) is 2.79. The van der Waals surface area contributed by atoms with E-state index in [4.69, 9.17) is 0 Å². The number of nitrogens with zero attached hydrogens (tertiary/aromatic N) is 3. The largest absolute Gasteiger partial charge is 0.316 e. The molecular formula is C15H15FN4. The van der Waals surface area contributed by atoms with Crippen molar-refractivity contribution in [1.29, 1.82) is 5.26 Å². The summed E-state index contributed by atoms with van der Waals surface area (Å²) in [5, 5.41) is 12.5. The van der Waals surface area contributed by atoms with Gasteiger partial charge < -0.3 is 9.88 Å². The summed E-state index contributed by atoms with van der Waals surface area (Å²) < 4.78 is 15.6.